The van der Waals surface area contributed by atoms with Crippen molar-refractivity contribution in [2.75, 3.05) is 26.2 Å². The van der Waals surface area contributed by atoms with Crippen LogP contribution < -0.4 is 0 Å². The van der Waals surface area contributed by atoms with Crippen molar-refractivity contribution in [1.29, 1.82) is 0 Å². The standard InChI is InChI=1S/C18H29N3/c1-18(2)8-7-17(14-18)21-11-5-10-20(12-13-21)15-16-6-3-4-9-19-16/h3-4,6,9,17H,5,7-8,10-15H2,1-2H3. The smallest absolute Gasteiger partial charge is 0.0543 e. The van der Waals surface area contributed by atoms with Gasteiger partial charge < -0.3 is 0 Å². The Balaban J connectivity index is 1.52. The van der Waals surface area contributed by atoms with Gasteiger partial charge in [-0.25, -0.2) is 0 Å². The highest BCUT2D eigenvalue weighted by Gasteiger charge is 2.34. The molecule has 0 N–H and O–H groups in total. The molecule has 1 saturated heterocycles. The zero-order chi connectivity index (χ0) is 14.7. The molecule has 0 aromatic carbocycles. The summed E-state index contributed by atoms with van der Waals surface area (Å²) in [7, 11) is 0. The second-order valence-corrected chi connectivity index (χ2v) is 7.55. The van der Waals surface area contributed by atoms with E-state index in [9.17, 15) is 0 Å². The van der Waals surface area contributed by atoms with Crippen molar-refractivity contribution < 1.29 is 0 Å². The van der Waals surface area contributed by atoms with Gasteiger partial charge in [0.2, 0.25) is 0 Å². The van der Waals surface area contributed by atoms with Gasteiger partial charge in [0.25, 0.3) is 0 Å². The fraction of sp³-hybridized carbons (Fsp3) is 0.722. The molecule has 1 saturated carbocycles. The van der Waals surface area contributed by atoms with E-state index in [0.717, 1.165) is 12.6 Å². The third-order valence-electron chi connectivity index (χ3n) is 5.19. The molecule has 0 bridgehead atoms. The van der Waals surface area contributed by atoms with Crippen LogP contribution >= 0.6 is 0 Å². The molecule has 0 amide bonds. The third-order valence-corrected chi connectivity index (χ3v) is 5.19. The fourth-order valence-electron chi connectivity index (χ4n) is 3.95. The zero-order valence-electron chi connectivity index (χ0n) is 13.6. The number of hydrogen-bond acceptors (Lipinski definition) is 3. The van der Waals surface area contributed by atoms with Gasteiger partial charge in [-0.2, -0.15) is 0 Å². The van der Waals surface area contributed by atoms with Gasteiger partial charge in [0.05, 0.1) is 5.69 Å². The Morgan fingerprint density at radius 3 is 2.81 bits per heavy atom. The van der Waals surface area contributed by atoms with Crippen molar-refractivity contribution in [3.63, 3.8) is 0 Å². The first-order valence-electron chi connectivity index (χ1n) is 8.49. The van der Waals surface area contributed by atoms with Crippen LogP contribution in [0.3, 0.4) is 0 Å². The van der Waals surface area contributed by atoms with Gasteiger partial charge in [-0.1, -0.05) is 19.9 Å². The number of hydrogen-bond donors (Lipinski definition) is 0. The van der Waals surface area contributed by atoms with Gasteiger partial charge in [0.1, 0.15) is 0 Å². The summed E-state index contributed by atoms with van der Waals surface area (Å²) in [5, 5.41) is 0. The molecule has 2 fully saturated rings. The van der Waals surface area contributed by atoms with Crippen molar-refractivity contribution in [3.05, 3.63) is 30.1 Å². The predicted octanol–water partition coefficient (Wildman–Crippen LogP) is 3.17. The Labute approximate surface area is 129 Å². The molecule has 21 heavy (non-hydrogen) atoms. The highest BCUT2D eigenvalue weighted by Crippen LogP contribution is 2.39. The van der Waals surface area contributed by atoms with Crippen LogP contribution in [0, 0.1) is 5.41 Å². The Bertz CT molecular complexity index is 443. The molecule has 0 spiro atoms. The summed E-state index contributed by atoms with van der Waals surface area (Å²) >= 11 is 0. The summed E-state index contributed by atoms with van der Waals surface area (Å²) in [5.41, 5.74) is 1.76. The van der Waals surface area contributed by atoms with Gasteiger partial charge in [-0.15, -0.1) is 0 Å². The first-order valence-corrected chi connectivity index (χ1v) is 8.49. The molecule has 1 atom stereocenters. The molecule has 1 aromatic rings. The molecule has 1 aromatic heterocycles. The Kier molecular flexibility index (Phi) is 4.60. The Morgan fingerprint density at radius 1 is 1.19 bits per heavy atom. The van der Waals surface area contributed by atoms with Crippen LogP contribution in [0.5, 0.6) is 0 Å². The molecular weight excluding hydrogens is 258 g/mol. The van der Waals surface area contributed by atoms with E-state index in [1.807, 2.05) is 12.3 Å². The topological polar surface area (TPSA) is 19.4 Å². The van der Waals surface area contributed by atoms with Crippen LogP contribution in [0.25, 0.3) is 0 Å². The van der Waals surface area contributed by atoms with Crippen molar-refractivity contribution in [2.24, 2.45) is 5.41 Å². The van der Waals surface area contributed by atoms with Crippen LogP contribution in [0.4, 0.5) is 0 Å². The van der Waals surface area contributed by atoms with E-state index in [1.165, 1.54) is 57.6 Å². The fourth-order valence-corrected chi connectivity index (χ4v) is 3.95. The van der Waals surface area contributed by atoms with E-state index in [2.05, 4.69) is 40.8 Å². The Morgan fingerprint density at radius 2 is 2.10 bits per heavy atom. The number of nitrogens with zero attached hydrogens (tertiary/aromatic N) is 3. The molecule has 2 heterocycles. The summed E-state index contributed by atoms with van der Waals surface area (Å²) in [6.45, 7) is 10.8. The van der Waals surface area contributed by atoms with Gasteiger partial charge in [0.15, 0.2) is 0 Å². The summed E-state index contributed by atoms with van der Waals surface area (Å²) in [6, 6.07) is 7.06. The highest BCUT2D eigenvalue weighted by atomic mass is 15.2. The lowest BCUT2D eigenvalue weighted by atomic mass is 9.91. The number of pyridine rings is 1. The number of rotatable bonds is 3. The number of aromatic nitrogens is 1. The lowest BCUT2D eigenvalue weighted by molar-refractivity contribution is 0.187. The predicted molar refractivity (Wildman–Crippen MR) is 87.1 cm³/mol. The largest absolute Gasteiger partial charge is 0.299 e. The Hall–Kier alpha value is -0.930. The quantitative estimate of drug-likeness (QED) is 0.851. The molecule has 3 nitrogen and oxygen atoms in total. The first-order chi connectivity index (χ1) is 10.1. The van der Waals surface area contributed by atoms with E-state index in [4.69, 9.17) is 0 Å². The second-order valence-electron chi connectivity index (χ2n) is 7.55. The van der Waals surface area contributed by atoms with E-state index >= 15 is 0 Å². The van der Waals surface area contributed by atoms with Crippen LogP contribution in [-0.4, -0.2) is 47.0 Å². The summed E-state index contributed by atoms with van der Waals surface area (Å²) in [6.07, 6.45) is 7.37. The summed E-state index contributed by atoms with van der Waals surface area (Å²) < 4.78 is 0. The maximum Gasteiger partial charge on any atom is 0.0543 e. The monoisotopic (exact) mass is 287 g/mol. The first kappa shape index (κ1) is 15.0. The van der Waals surface area contributed by atoms with E-state index in [0.29, 0.717) is 5.41 Å². The minimum absolute atomic E-state index is 0.560. The minimum atomic E-state index is 0.560. The summed E-state index contributed by atoms with van der Waals surface area (Å²) in [5.74, 6) is 0. The van der Waals surface area contributed by atoms with Crippen LogP contribution in [0.15, 0.2) is 24.4 Å². The minimum Gasteiger partial charge on any atom is -0.299 e. The van der Waals surface area contributed by atoms with Crippen LogP contribution in [0.1, 0.15) is 45.2 Å². The van der Waals surface area contributed by atoms with Gasteiger partial charge in [0, 0.05) is 31.9 Å². The zero-order valence-corrected chi connectivity index (χ0v) is 13.6. The van der Waals surface area contributed by atoms with Gasteiger partial charge in [-0.3, -0.25) is 14.8 Å². The molecule has 1 aliphatic heterocycles. The molecular formula is C18H29N3. The van der Waals surface area contributed by atoms with Crippen LogP contribution in [0.2, 0.25) is 0 Å². The molecule has 0 radical (unpaired) electrons. The van der Waals surface area contributed by atoms with Crippen molar-refractivity contribution in [3.8, 4) is 0 Å². The molecule has 3 rings (SSSR count). The van der Waals surface area contributed by atoms with Gasteiger partial charge in [-0.05, 0) is 56.3 Å². The van der Waals surface area contributed by atoms with Gasteiger partial charge >= 0.3 is 0 Å². The van der Waals surface area contributed by atoms with E-state index in [-0.39, 0.29) is 0 Å². The molecule has 1 unspecified atom stereocenters. The lowest BCUT2D eigenvalue weighted by Gasteiger charge is -2.28. The normalized spacial score (nSPS) is 27.6. The van der Waals surface area contributed by atoms with Crippen molar-refractivity contribution >= 4 is 0 Å². The maximum absolute atomic E-state index is 4.46. The van der Waals surface area contributed by atoms with Crippen molar-refractivity contribution in [2.45, 2.75) is 52.1 Å². The lowest BCUT2D eigenvalue weighted by Crippen LogP contribution is -2.37. The second kappa shape index (κ2) is 6.45. The van der Waals surface area contributed by atoms with Crippen LogP contribution in [-0.2, 0) is 6.54 Å². The highest BCUT2D eigenvalue weighted by molar-refractivity contribution is 5.03. The molecule has 116 valence electrons. The molecule has 3 heteroatoms. The SMILES string of the molecule is CC1(C)CCC(N2CCCN(Cc3ccccn3)CC2)C1. The van der Waals surface area contributed by atoms with E-state index < -0.39 is 0 Å². The molecule has 1 aliphatic carbocycles. The average Bonchev–Trinajstić information content (AvgIpc) is 2.69. The van der Waals surface area contributed by atoms with E-state index in [1.54, 1.807) is 0 Å². The average molecular weight is 287 g/mol. The maximum atomic E-state index is 4.46. The van der Waals surface area contributed by atoms with Crippen molar-refractivity contribution in [1.82, 2.24) is 14.8 Å². The molecule has 2 aliphatic rings. The summed E-state index contributed by atoms with van der Waals surface area (Å²) in [4.78, 5) is 9.79. The third kappa shape index (κ3) is 4.04.